The summed E-state index contributed by atoms with van der Waals surface area (Å²) in [5.41, 5.74) is 9.87. The minimum Gasteiger partial charge on any atom is -0.399 e. The molecule has 166 valence electrons. The fourth-order valence-electron chi connectivity index (χ4n) is 3.77. The summed E-state index contributed by atoms with van der Waals surface area (Å²) in [4.78, 5) is 0. The average molecular weight is 432 g/mol. The first kappa shape index (κ1) is 17.0. The standard InChI is InChI=1S/C28H34BNO2/c1-26(2,3)22-17-20(19-12-9-8-10-13-19)16-21(18-22)23-14-11-15-24(25(23)30)29-31-27(4,5)28(6,7)32-29/h8-18H,30H2,1-7H3/i8D,9D,10D,12D,13D. The molecule has 1 aliphatic heterocycles. The third-order valence-corrected chi connectivity index (χ3v) is 6.55. The molecule has 1 saturated heterocycles. The lowest BCUT2D eigenvalue weighted by Gasteiger charge is -2.32. The van der Waals surface area contributed by atoms with Crippen molar-refractivity contribution >= 4 is 18.3 Å². The van der Waals surface area contributed by atoms with Crippen LogP contribution in [0.4, 0.5) is 5.69 Å². The summed E-state index contributed by atoms with van der Waals surface area (Å²) in [7, 11) is -0.628. The van der Waals surface area contributed by atoms with E-state index >= 15 is 0 Å². The minimum atomic E-state index is -0.628. The van der Waals surface area contributed by atoms with E-state index < -0.39 is 24.4 Å². The Kier molecular flexibility index (Phi) is 4.14. The van der Waals surface area contributed by atoms with Crippen LogP contribution in [-0.2, 0) is 14.7 Å². The number of anilines is 1. The molecule has 1 heterocycles. The van der Waals surface area contributed by atoms with E-state index in [4.69, 9.17) is 21.9 Å². The second-order valence-corrected chi connectivity index (χ2v) is 10.4. The van der Waals surface area contributed by atoms with E-state index in [0.717, 1.165) is 22.2 Å². The Balaban J connectivity index is 1.93. The zero-order chi connectivity index (χ0) is 27.7. The van der Waals surface area contributed by atoms with Gasteiger partial charge in [-0.05, 0) is 61.4 Å². The predicted octanol–water partition coefficient (Wildman–Crippen LogP) is 6.20. The maximum absolute atomic E-state index is 8.51. The van der Waals surface area contributed by atoms with Gasteiger partial charge in [0.05, 0.1) is 18.1 Å². The zero-order valence-corrected chi connectivity index (χ0v) is 19.9. The van der Waals surface area contributed by atoms with Crippen molar-refractivity contribution in [1.82, 2.24) is 0 Å². The van der Waals surface area contributed by atoms with Gasteiger partial charge in [0.15, 0.2) is 0 Å². The molecule has 3 aromatic rings. The Bertz CT molecular complexity index is 1350. The summed E-state index contributed by atoms with van der Waals surface area (Å²) in [6.07, 6.45) is 0. The summed E-state index contributed by atoms with van der Waals surface area (Å²) >= 11 is 0. The van der Waals surface area contributed by atoms with Gasteiger partial charge in [-0.1, -0.05) is 81.3 Å². The van der Waals surface area contributed by atoms with Gasteiger partial charge in [0.2, 0.25) is 0 Å². The number of nitrogen functional groups attached to an aromatic ring is 1. The topological polar surface area (TPSA) is 44.5 Å². The van der Waals surface area contributed by atoms with Crippen LogP contribution in [0.1, 0.15) is 60.9 Å². The van der Waals surface area contributed by atoms with Crippen molar-refractivity contribution in [2.75, 3.05) is 5.73 Å². The van der Waals surface area contributed by atoms with E-state index in [0.29, 0.717) is 11.3 Å². The minimum absolute atomic E-state index is 0.166. The summed E-state index contributed by atoms with van der Waals surface area (Å²) in [5.74, 6) is 0. The van der Waals surface area contributed by atoms with E-state index in [9.17, 15) is 0 Å². The average Bonchev–Trinajstić information content (AvgIpc) is 3.02. The normalized spacial score (nSPS) is 19.7. The molecule has 0 saturated carbocycles. The van der Waals surface area contributed by atoms with Crippen molar-refractivity contribution in [1.29, 1.82) is 0 Å². The summed E-state index contributed by atoms with van der Waals surface area (Å²) < 4.78 is 53.8. The molecule has 3 aromatic carbocycles. The Morgan fingerprint density at radius 3 is 2.03 bits per heavy atom. The highest BCUT2D eigenvalue weighted by atomic mass is 16.7. The summed E-state index contributed by atoms with van der Waals surface area (Å²) in [6, 6.07) is 9.88. The van der Waals surface area contributed by atoms with E-state index in [2.05, 4.69) is 20.8 Å². The third-order valence-electron chi connectivity index (χ3n) is 6.55. The molecule has 0 unspecified atom stereocenters. The highest BCUT2D eigenvalue weighted by molar-refractivity contribution is 6.64. The Hall–Kier alpha value is -2.56. The molecule has 0 amide bonds. The number of hydrogen-bond acceptors (Lipinski definition) is 3. The van der Waals surface area contributed by atoms with Gasteiger partial charge in [0.25, 0.3) is 0 Å². The van der Waals surface area contributed by atoms with E-state index in [1.165, 1.54) is 0 Å². The van der Waals surface area contributed by atoms with Gasteiger partial charge in [0.1, 0.15) is 0 Å². The molecule has 1 aliphatic rings. The smallest absolute Gasteiger partial charge is 0.399 e. The largest absolute Gasteiger partial charge is 0.496 e. The van der Waals surface area contributed by atoms with E-state index in [-0.39, 0.29) is 35.1 Å². The van der Waals surface area contributed by atoms with Crippen molar-refractivity contribution in [2.45, 2.75) is 65.1 Å². The maximum Gasteiger partial charge on any atom is 0.496 e. The van der Waals surface area contributed by atoms with Gasteiger partial charge >= 0.3 is 7.12 Å². The number of rotatable bonds is 3. The molecule has 0 bridgehead atoms. The molecule has 0 spiro atoms. The zero-order valence-electron chi connectivity index (χ0n) is 24.9. The van der Waals surface area contributed by atoms with Crippen LogP contribution < -0.4 is 11.2 Å². The fourth-order valence-corrected chi connectivity index (χ4v) is 3.77. The lowest BCUT2D eigenvalue weighted by Crippen LogP contribution is -2.41. The van der Waals surface area contributed by atoms with Crippen molar-refractivity contribution in [3.63, 3.8) is 0 Å². The molecule has 0 aliphatic carbocycles. The van der Waals surface area contributed by atoms with Crippen LogP contribution in [0.25, 0.3) is 22.3 Å². The second-order valence-electron chi connectivity index (χ2n) is 10.4. The molecular formula is C28H34BNO2. The van der Waals surface area contributed by atoms with Crippen LogP contribution in [0.2, 0.25) is 0 Å². The summed E-state index contributed by atoms with van der Waals surface area (Å²) in [6.45, 7) is 14.2. The third kappa shape index (κ3) is 4.10. The molecule has 3 nitrogen and oxygen atoms in total. The molecule has 32 heavy (non-hydrogen) atoms. The Morgan fingerprint density at radius 1 is 0.844 bits per heavy atom. The molecule has 1 fully saturated rings. The van der Waals surface area contributed by atoms with Crippen LogP contribution in [0.15, 0.2) is 66.6 Å². The Morgan fingerprint density at radius 2 is 1.44 bits per heavy atom. The lowest BCUT2D eigenvalue weighted by atomic mass is 9.75. The van der Waals surface area contributed by atoms with Gasteiger partial charge in [-0.2, -0.15) is 0 Å². The van der Waals surface area contributed by atoms with Crippen molar-refractivity contribution < 1.29 is 16.2 Å². The van der Waals surface area contributed by atoms with E-state index in [1.54, 1.807) is 0 Å². The first-order chi connectivity index (χ1) is 17.0. The predicted molar refractivity (Wildman–Crippen MR) is 136 cm³/mol. The maximum atomic E-state index is 8.51. The van der Waals surface area contributed by atoms with Gasteiger partial charge in [0, 0.05) is 16.7 Å². The highest BCUT2D eigenvalue weighted by Gasteiger charge is 2.52. The highest BCUT2D eigenvalue weighted by Crippen LogP contribution is 2.39. The van der Waals surface area contributed by atoms with Crippen molar-refractivity contribution in [3.05, 3.63) is 72.2 Å². The second kappa shape index (κ2) is 7.79. The summed E-state index contributed by atoms with van der Waals surface area (Å²) in [5, 5.41) is 0. The molecule has 0 atom stereocenters. The Labute approximate surface area is 200 Å². The van der Waals surface area contributed by atoms with E-state index in [1.807, 2.05) is 64.1 Å². The van der Waals surface area contributed by atoms with Crippen LogP contribution >= 0.6 is 0 Å². The molecule has 0 radical (unpaired) electrons. The first-order valence-electron chi connectivity index (χ1n) is 13.4. The first-order valence-corrected chi connectivity index (χ1v) is 10.9. The monoisotopic (exact) mass is 432 g/mol. The van der Waals surface area contributed by atoms with Gasteiger partial charge in [-0.15, -0.1) is 0 Å². The van der Waals surface area contributed by atoms with Crippen LogP contribution in [0.3, 0.4) is 0 Å². The van der Waals surface area contributed by atoms with Crippen LogP contribution in [0, 0.1) is 0 Å². The van der Waals surface area contributed by atoms with Crippen molar-refractivity contribution in [3.8, 4) is 22.3 Å². The van der Waals surface area contributed by atoms with Gasteiger partial charge in [-0.3, -0.25) is 0 Å². The molecule has 2 N–H and O–H groups in total. The molecular weight excluding hydrogens is 393 g/mol. The number of hydrogen-bond donors (Lipinski definition) is 1. The molecule has 4 rings (SSSR count). The number of nitrogens with two attached hydrogens (primary N) is 1. The van der Waals surface area contributed by atoms with Crippen molar-refractivity contribution in [2.24, 2.45) is 0 Å². The molecule has 0 aromatic heterocycles. The van der Waals surface area contributed by atoms with Gasteiger partial charge < -0.3 is 15.0 Å². The lowest BCUT2D eigenvalue weighted by molar-refractivity contribution is 0.00578. The van der Waals surface area contributed by atoms with Gasteiger partial charge in [-0.25, -0.2) is 0 Å². The fraction of sp³-hybridized carbons (Fsp3) is 0.357. The SMILES string of the molecule is [2H]c1c([2H])c([2H])c(-c2cc(-c3cccc(B4OC(C)(C)C(C)(C)O4)c3N)cc(C(C)(C)C)c2)c([2H])c1[2H]. The number of benzene rings is 3. The quantitative estimate of drug-likeness (QED) is 0.396. The number of para-hydroxylation sites is 1. The van der Waals surface area contributed by atoms with Crippen LogP contribution in [0.5, 0.6) is 0 Å². The van der Waals surface area contributed by atoms with Crippen LogP contribution in [-0.4, -0.2) is 18.3 Å². The molecule has 4 heteroatoms.